The molecule has 4 N–H and O–H groups in total. The fourth-order valence-corrected chi connectivity index (χ4v) is 2.57. The highest BCUT2D eigenvalue weighted by Crippen LogP contribution is 2.30. The number of amides is 1. The van der Waals surface area contributed by atoms with Crippen molar-refractivity contribution in [3.8, 4) is 0 Å². The van der Waals surface area contributed by atoms with Crippen LogP contribution in [0.25, 0.3) is 0 Å². The number of piperidine rings is 1. The summed E-state index contributed by atoms with van der Waals surface area (Å²) in [6.45, 7) is 4.61. The molecule has 114 valence electrons. The van der Waals surface area contributed by atoms with Crippen LogP contribution >= 0.6 is 0 Å². The molecular weight excluding hydrogens is 272 g/mol. The summed E-state index contributed by atoms with van der Waals surface area (Å²) in [6, 6.07) is 4.12. The molecule has 1 amide bonds. The van der Waals surface area contributed by atoms with Gasteiger partial charge in [-0.15, -0.1) is 0 Å². The number of carbonyl (C=O) groups is 1. The topological polar surface area (TPSA) is 110 Å². The molecule has 0 saturated carbocycles. The summed E-state index contributed by atoms with van der Waals surface area (Å²) in [5.41, 5.74) is 5.81. The van der Waals surface area contributed by atoms with Gasteiger partial charge in [0.05, 0.1) is 4.92 Å². The van der Waals surface area contributed by atoms with Gasteiger partial charge in [0, 0.05) is 24.7 Å². The molecule has 0 bridgehead atoms. The van der Waals surface area contributed by atoms with Crippen molar-refractivity contribution in [1.29, 1.82) is 0 Å². The van der Waals surface area contributed by atoms with E-state index in [-0.39, 0.29) is 16.7 Å². The summed E-state index contributed by atoms with van der Waals surface area (Å²) in [6.07, 6.45) is 2.14. The minimum absolute atomic E-state index is 0.0366. The normalized spacial score (nSPS) is 21.8. The minimum Gasteiger partial charge on any atom is -0.379 e. The van der Waals surface area contributed by atoms with Gasteiger partial charge in [-0.05, 0) is 36.9 Å². The lowest BCUT2D eigenvalue weighted by atomic mass is 9.82. The predicted octanol–water partition coefficient (Wildman–Crippen LogP) is 1.50. The highest BCUT2D eigenvalue weighted by atomic mass is 16.6. The van der Waals surface area contributed by atoms with Gasteiger partial charge in [0.25, 0.3) is 5.69 Å². The molecule has 1 atom stereocenters. The highest BCUT2D eigenvalue weighted by Gasteiger charge is 2.27. The van der Waals surface area contributed by atoms with Crippen molar-refractivity contribution in [3.63, 3.8) is 0 Å². The molecule has 0 spiro atoms. The Hall–Kier alpha value is -2.15. The first kappa shape index (κ1) is 15.2. The third-order valence-electron chi connectivity index (χ3n) is 3.87. The molecule has 1 aliphatic heterocycles. The zero-order valence-electron chi connectivity index (χ0n) is 12.0. The zero-order chi connectivity index (χ0) is 15.5. The van der Waals surface area contributed by atoms with E-state index in [1.165, 1.54) is 18.2 Å². The monoisotopic (exact) mass is 292 g/mol. The summed E-state index contributed by atoms with van der Waals surface area (Å²) >= 11 is 0. The standard InChI is InChI=1S/C14H20N4O3/c1-14(5-2-6-16-8-14)9-17-11-7-10(13(15)19)3-4-12(11)18(20)21/h3-4,7,16-17H,2,5-6,8-9H2,1H3,(H2,15,19). The second-order valence-corrected chi connectivity index (χ2v) is 5.80. The van der Waals surface area contributed by atoms with Crippen LogP contribution in [0.3, 0.4) is 0 Å². The third kappa shape index (κ3) is 3.69. The highest BCUT2D eigenvalue weighted by molar-refractivity contribution is 5.94. The number of hydrogen-bond acceptors (Lipinski definition) is 5. The molecule has 21 heavy (non-hydrogen) atoms. The fraction of sp³-hybridized carbons (Fsp3) is 0.500. The van der Waals surface area contributed by atoms with Crippen LogP contribution in [0.5, 0.6) is 0 Å². The quantitative estimate of drug-likeness (QED) is 0.562. The Morgan fingerprint density at radius 2 is 2.33 bits per heavy atom. The number of primary amides is 1. The van der Waals surface area contributed by atoms with E-state index in [9.17, 15) is 14.9 Å². The lowest BCUT2D eigenvalue weighted by Gasteiger charge is -2.34. The van der Waals surface area contributed by atoms with E-state index < -0.39 is 10.8 Å². The number of nitro groups is 1. The maximum absolute atomic E-state index is 11.2. The second-order valence-electron chi connectivity index (χ2n) is 5.80. The molecule has 0 aromatic heterocycles. The number of hydrogen-bond donors (Lipinski definition) is 3. The second kappa shape index (κ2) is 6.09. The minimum atomic E-state index is -0.599. The lowest BCUT2D eigenvalue weighted by Crippen LogP contribution is -2.42. The number of benzene rings is 1. The number of nitrogens with one attached hydrogen (secondary N) is 2. The first-order chi connectivity index (χ1) is 9.91. The maximum Gasteiger partial charge on any atom is 0.292 e. The van der Waals surface area contributed by atoms with Crippen molar-refractivity contribution >= 4 is 17.3 Å². The molecule has 1 aliphatic rings. The van der Waals surface area contributed by atoms with Gasteiger partial charge in [-0.25, -0.2) is 0 Å². The summed E-state index contributed by atoms with van der Waals surface area (Å²) in [5, 5.41) is 17.5. The largest absolute Gasteiger partial charge is 0.379 e. The molecule has 1 aromatic rings. The number of nitrogens with zero attached hydrogens (tertiary/aromatic N) is 1. The van der Waals surface area contributed by atoms with Crippen molar-refractivity contribution in [2.75, 3.05) is 25.0 Å². The Bertz CT molecular complexity index is 553. The van der Waals surface area contributed by atoms with Crippen molar-refractivity contribution in [2.45, 2.75) is 19.8 Å². The Morgan fingerprint density at radius 1 is 1.57 bits per heavy atom. The van der Waals surface area contributed by atoms with Crippen LogP contribution in [0.2, 0.25) is 0 Å². The average Bonchev–Trinajstić information content (AvgIpc) is 2.45. The predicted molar refractivity (Wildman–Crippen MR) is 80.3 cm³/mol. The Labute approximate surface area is 123 Å². The van der Waals surface area contributed by atoms with E-state index in [4.69, 9.17) is 5.73 Å². The van der Waals surface area contributed by atoms with Gasteiger partial charge in [0.2, 0.25) is 5.91 Å². The zero-order valence-corrected chi connectivity index (χ0v) is 12.0. The van der Waals surface area contributed by atoms with Gasteiger partial charge in [-0.1, -0.05) is 6.92 Å². The fourth-order valence-electron chi connectivity index (χ4n) is 2.57. The van der Waals surface area contributed by atoms with Gasteiger partial charge in [-0.2, -0.15) is 0 Å². The SMILES string of the molecule is CC1(CNc2cc(C(N)=O)ccc2[N+](=O)[O-])CCCNC1. The molecule has 7 nitrogen and oxygen atoms in total. The van der Waals surface area contributed by atoms with Gasteiger partial charge >= 0.3 is 0 Å². The Balaban J connectivity index is 2.18. The lowest BCUT2D eigenvalue weighted by molar-refractivity contribution is -0.384. The van der Waals surface area contributed by atoms with Crippen molar-refractivity contribution in [1.82, 2.24) is 5.32 Å². The molecule has 1 heterocycles. The number of nitrogens with two attached hydrogens (primary N) is 1. The first-order valence-electron chi connectivity index (χ1n) is 6.94. The third-order valence-corrected chi connectivity index (χ3v) is 3.87. The number of rotatable bonds is 5. The molecule has 1 saturated heterocycles. The van der Waals surface area contributed by atoms with Crippen LogP contribution in [0.15, 0.2) is 18.2 Å². The van der Waals surface area contributed by atoms with Crippen molar-refractivity contribution in [3.05, 3.63) is 33.9 Å². The van der Waals surface area contributed by atoms with Gasteiger partial charge < -0.3 is 16.4 Å². The van der Waals surface area contributed by atoms with Crippen LogP contribution in [-0.2, 0) is 0 Å². The number of carbonyl (C=O) groups excluding carboxylic acids is 1. The van der Waals surface area contributed by atoms with Gasteiger partial charge in [0.1, 0.15) is 5.69 Å². The summed E-state index contributed by atoms with van der Waals surface area (Å²) in [5.74, 6) is -0.599. The first-order valence-corrected chi connectivity index (χ1v) is 6.94. The molecule has 1 unspecified atom stereocenters. The molecule has 2 rings (SSSR count). The van der Waals surface area contributed by atoms with E-state index >= 15 is 0 Å². The Morgan fingerprint density at radius 3 is 2.90 bits per heavy atom. The van der Waals surface area contributed by atoms with E-state index in [2.05, 4.69) is 17.6 Å². The maximum atomic E-state index is 11.2. The number of anilines is 1. The Kier molecular flexibility index (Phi) is 4.42. The number of nitro benzene ring substituents is 1. The summed E-state index contributed by atoms with van der Waals surface area (Å²) in [4.78, 5) is 21.8. The van der Waals surface area contributed by atoms with Crippen LogP contribution < -0.4 is 16.4 Å². The molecule has 1 fully saturated rings. The van der Waals surface area contributed by atoms with Crippen LogP contribution in [0.4, 0.5) is 11.4 Å². The van der Waals surface area contributed by atoms with E-state index in [1.807, 2.05) is 0 Å². The van der Waals surface area contributed by atoms with Gasteiger partial charge in [0.15, 0.2) is 0 Å². The summed E-state index contributed by atoms with van der Waals surface area (Å²) in [7, 11) is 0. The molecule has 0 radical (unpaired) electrons. The smallest absolute Gasteiger partial charge is 0.292 e. The van der Waals surface area contributed by atoms with Crippen LogP contribution in [-0.4, -0.2) is 30.5 Å². The van der Waals surface area contributed by atoms with Crippen molar-refractivity contribution < 1.29 is 9.72 Å². The van der Waals surface area contributed by atoms with Gasteiger partial charge in [-0.3, -0.25) is 14.9 Å². The van der Waals surface area contributed by atoms with E-state index in [1.54, 1.807) is 0 Å². The van der Waals surface area contributed by atoms with Crippen LogP contribution in [0, 0.1) is 15.5 Å². The molecule has 7 heteroatoms. The average molecular weight is 292 g/mol. The van der Waals surface area contributed by atoms with E-state index in [0.29, 0.717) is 12.2 Å². The van der Waals surface area contributed by atoms with Crippen LogP contribution in [0.1, 0.15) is 30.1 Å². The molecule has 0 aliphatic carbocycles. The molecular formula is C14H20N4O3. The van der Waals surface area contributed by atoms with E-state index in [0.717, 1.165) is 25.9 Å². The molecule has 1 aromatic carbocycles. The summed E-state index contributed by atoms with van der Waals surface area (Å²) < 4.78 is 0. The van der Waals surface area contributed by atoms with Crippen molar-refractivity contribution in [2.24, 2.45) is 11.1 Å².